The van der Waals surface area contributed by atoms with Crippen LogP contribution >= 0.6 is 32.5 Å². The van der Waals surface area contributed by atoms with E-state index in [1.807, 2.05) is 0 Å². The van der Waals surface area contributed by atoms with Gasteiger partial charge in [0.05, 0.1) is 45.7 Å². The van der Waals surface area contributed by atoms with Crippen molar-refractivity contribution in [1.29, 1.82) is 0 Å². The molecule has 0 spiro atoms. The molecule has 0 heterocycles. The van der Waals surface area contributed by atoms with Crippen molar-refractivity contribution in [2.45, 2.75) is 24.4 Å². The predicted molar refractivity (Wildman–Crippen MR) is 53.8 cm³/mol. The maximum Gasteiger partial charge on any atom is 0.111 e. The summed E-state index contributed by atoms with van der Waals surface area (Å²) in [6.07, 6.45) is -5.61. The highest BCUT2D eigenvalue weighted by Gasteiger charge is 2.30. The zero-order chi connectivity index (χ0) is 11.1. The quantitative estimate of drug-likeness (QED) is 0.479. The minimum absolute atomic E-state index is 0.208. The molecule has 0 aliphatic carbocycles. The molecule has 6 nitrogen and oxygen atoms in total. The largest absolute Gasteiger partial charge is 0.388 e. The standard InChI is InChI=1S/C6H12Br2O6/c7-13-1-3(9)5(11)6(12)4(10)2-14-8/h3-6,9-12H,1-2H2/t3-,4-,5-,6-/m1/s1. The van der Waals surface area contributed by atoms with E-state index in [0.717, 1.165) is 0 Å². The van der Waals surface area contributed by atoms with Crippen molar-refractivity contribution in [1.82, 2.24) is 0 Å². The van der Waals surface area contributed by atoms with Gasteiger partial charge in [0.2, 0.25) is 0 Å². The highest BCUT2D eigenvalue weighted by molar-refractivity contribution is 9.06. The molecular weight excluding hydrogens is 328 g/mol. The van der Waals surface area contributed by atoms with Gasteiger partial charge in [-0.1, -0.05) is 0 Å². The first-order chi connectivity index (χ1) is 6.54. The molecule has 0 rings (SSSR count). The Hall–Kier alpha value is 0.720. The zero-order valence-electron chi connectivity index (χ0n) is 7.08. The second-order valence-corrected chi connectivity index (χ2v) is 3.58. The van der Waals surface area contributed by atoms with Gasteiger partial charge in [0, 0.05) is 0 Å². The fraction of sp³-hybridized carbons (Fsp3) is 1.00. The lowest BCUT2D eigenvalue weighted by atomic mass is 10.0. The molecule has 0 saturated heterocycles. The molecular formula is C6H12Br2O6. The van der Waals surface area contributed by atoms with Gasteiger partial charge < -0.3 is 28.1 Å². The second-order valence-electron chi connectivity index (χ2n) is 2.67. The summed E-state index contributed by atoms with van der Waals surface area (Å²) in [7, 11) is 0. The normalized spacial score (nSPS) is 20.1. The molecule has 0 fully saturated rings. The van der Waals surface area contributed by atoms with Gasteiger partial charge in [-0.3, -0.25) is 0 Å². The van der Waals surface area contributed by atoms with Crippen LogP contribution in [0.4, 0.5) is 0 Å². The summed E-state index contributed by atoms with van der Waals surface area (Å²) in [5, 5.41) is 36.9. The second kappa shape index (κ2) is 7.94. The van der Waals surface area contributed by atoms with Crippen LogP contribution in [0.5, 0.6) is 0 Å². The van der Waals surface area contributed by atoms with E-state index in [1.54, 1.807) is 0 Å². The highest BCUT2D eigenvalue weighted by Crippen LogP contribution is 2.07. The fourth-order valence-electron chi connectivity index (χ4n) is 0.781. The summed E-state index contributed by atoms with van der Waals surface area (Å²) < 4.78 is 8.77. The van der Waals surface area contributed by atoms with Gasteiger partial charge in [-0.15, -0.1) is 0 Å². The van der Waals surface area contributed by atoms with Gasteiger partial charge in [0.1, 0.15) is 24.4 Å². The molecule has 4 N–H and O–H groups in total. The molecule has 0 bridgehead atoms. The number of halogens is 2. The Kier molecular flexibility index (Phi) is 8.35. The van der Waals surface area contributed by atoms with E-state index in [9.17, 15) is 20.4 Å². The van der Waals surface area contributed by atoms with Crippen LogP contribution in [0.15, 0.2) is 0 Å². The first-order valence-electron chi connectivity index (χ1n) is 3.74. The number of aliphatic hydroxyl groups excluding tert-OH is 4. The minimum Gasteiger partial charge on any atom is -0.388 e. The van der Waals surface area contributed by atoms with Crippen molar-refractivity contribution in [2.24, 2.45) is 0 Å². The van der Waals surface area contributed by atoms with Crippen LogP contribution in [0.1, 0.15) is 0 Å². The van der Waals surface area contributed by atoms with Gasteiger partial charge in [-0.25, -0.2) is 0 Å². The van der Waals surface area contributed by atoms with Crippen molar-refractivity contribution < 1.29 is 28.1 Å². The average Bonchev–Trinajstić information content (AvgIpc) is 2.16. The molecule has 0 saturated carbocycles. The molecule has 0 aliphatic rings. The summed E-state index contributed by atoms with van der Waals surface area (Å²) in [6, 6.07) is 0. The molecule has 0 aliphatic heterocycles. The van der Waals surface area contributed by atoms with Crippen LogP contribution in [-0.2, 0) is 7.66 Å². The molecule has 0 amide bonds. The summed E-state index contributed by atoms with van der Waals surface area (Å²) >= 11 is 5.18. The molecule has 0 aromatic heterocycles. The van der Waals surface area contributed by atoms with Crippen LogP contribution < -0.4 is 0 Å². The third-order valence-electron chi connectivity index (χ3n) is 1.61. The molecule has 4 atom stereocenters. The van der Waals surface area contributed by atoms with Crippen LogP contribution in [-0.4, -0.2) is 58.1 Å². The van der Waals surface area contributed by atoms with Crippen LogP contribution in [0.3, 0.4) is 0 Å². The Morgan fingerprint density at radius 1 is 0.786 bits per heavy atom. The average molecular weight is 340 g/mol. The molecule has 0 aromatic carbocycles. The van der Waals surface area contributed by atoms with Gasteiger partial charge >= 0.3 is 0 Å². The smallest absolute Gasteiger partial charge is 0.111 e. The SMILES string of the molecule is O[C@@H]([C@H](O)[C@H](O)COBr)[C@H](O)COBr. The Morgan fingerprint density at radius 3 is 1.29 bits per heavy atom. The van der Waals surface area contributed by atoms with Crippen LogP contribution in [0.25, 0.3) is 0 Å². The predicted octanol–water partition coefficient (Wildman–Crippen LogP) is -0.917. The first kappa shape index (κ1) is 14.7. The van der Waals surface area contributed by atoms with E-state index in [-0.39, 0.29) is 13.2 Å². The number of rotatable bonds is 7. The number of aliphatic hydroxyl groups is 4. The third-order valence-corrected chi connectivity index (χ3v) is 2.13. The van der Waals surface area contributed by atoms with E-state index >= 15 is 0 Å². The first-order valence-corrected chi connectivity index (χ1v) is 5.03. The maximum absolute atomic E-state index is 9.28. The Bertz CT molecular complexity index is 132. The summed E-state index contributed by atoms with van der Waals surface area (Å²) in [5.74, 6) is 0. The van der Waals surface area contributed by atoms with E-state index in [4.69, 9.17) is 0 Å². The summed E-state index contributed by atoms with van der Waals surface area (Å²) in [5.41, 5.74) is 0. The summed E-state index contributed by atoms with van der Waals surface area (Å²) in [6.45, 7) is -0.416. The molecule has 8 heteroatoms. The number of hydrogen-bond donors (Lipinski definition) is 4. The molecule has 0 unspecified atom stereocenters. The highest BCUT2D eigenvalue weighted by atomic mass is 79.9. The van der Waals surface area contributed by atoms with Crippen molar-refractivity contribution in [3.63, 3.8) is 0 Å². The molecule has 0 radical (unpaired) electrons. The minimum atomic E-state index is -1.51. The van der Waals surface area contributed by atoms with Crippen molar-refractivity contribution in [3.05, 3.63) is 0 Å². The monoisotopic (exact) mass is 338 g/mol. The lowest BCUT2D eigenvalue weighted by Gasteiger charge is -2.25. The fourth-order valence-corrected chi connectivity index (χ4v) is 1.32. The van der Waals surface area contributed by atoms with Crippen molar-refractivity contribution >= 4 is 32.5 Å². The zero-order valence-corrected chi connectivity index (χ0v) is 10.3. The van der Waals surface area contributed by atoms with Crippen LogP contribution in [0, 0.1) is 0 Å². The molecule has 0 aromatic rings. The lowest BCUT2D eigenvalue weighted by Crippen LogP contribution is -2.47. The van der Waals surface area contributed by atoms with Gasteiger partial charge in [-0.2, -0.15) is 0 Å². The van der Waals surface area contributed by atoms with E-state index in [2.05, 4.69) is 40.2 Å². The van der Waals surface area contributed by atoms with E-state index < -0.39 is 24.4 Å². The van der Waals surface area contributed by atoms with Crippen molar-refractivity contribution in [2.75, 3.05) is 13.2 Å². The van der Waals surface area contributed by atoms with Crippen LogP contribution in [0.2, 0.25) is 0 Å². The lowest BCUT2D eigenvalue weighted by molar-refractivity contribution is -0.116. The third kappa shape index (κ3) is 4.99. The van der Waals surface area contributed by atoms with Gasteiger partial charge in [-0.05, 0) is 0 Å². The Labute approximate surface area is 98.4 Å². The number of hydrogen-bond acceptors (Lipinski definition) is 6. The van der Waals surface area contributed by atoms with E-state index in [0.29, 0.717) is 0 Å². The maximum atomic E-state index is 9.28. The van der Waals surface area contributed by atoms with Gasteiger partial charge in [0.25, 0.3) is 0 Å². The molecule has 14 heavy (non-hydrogen) atoms. The Balaban J connectivity index is 4.01. The van der Waals surface area contributed by atoms with E-state index in [1.165, 1.54) is 0 Å². The summed E-state index contributed by atoms with van der Waals surface area (Å²) in [4.78, 5) is 0. The Morgan fingerprint density at radius 2 is 1.07 bits per heavy atom. The van der Waals surface area contributed by atoms with Gasteiger partial charge in [0.15, 0.2) is 0 Å². The topological polar surface area (TPSA) is 99.4 Å². The van der Waals surface area contributed by atoms with Crippen molar-refractivity contribution in [3.8, 4) is 0 Å². The molecule has 86 valence electrons.